The summed E-state index contributed by atoms with van der Waals surface area (Å²) in [5.74, 6) is 0. The third-order valence-electron chi connectivity index (χ3n) is 12.7. The molecule has 0 saturated heterocycles. The molecule has 268 valence electrons. The Morgan fingerprint density at radius 1 is 0.375 bits per heavy atom. The van der Waals surface area contributed by atoms with E-state index in [4.69, 9.17) is 4.42 Å². The Hall–Kier alpha value is -6.64. The molecule has 9 aromatic rings. The van der Waals surface area contributed by atoms with Crippen molar-refractivity contribution in [2.24, 2.45) is 0 Å². The van der Waals surface area contributed by atoms with Crippen LogP contribution < -0.4 is 4.90 Å². The summed E-state index contributed by atoms with van der Waals surface area (Å²) in [4.78, 5) is 2.45. The van der Waals surface area contributed by atoms with Gasteiger partial charge in [-0.25, -0.2) is 0 Å². The molecule has 0 saturated carbocycles. The van der Waals surface area contributed by atoms with E-state index < -0.39 is 0 Å². The smallest absolute Gasteiger partial charge is 0.136 e. The van der Waals surface area contributed by atoms with Gasteiger partial charge in [-0.1, -0.05) is 155 Å². The van der Waals surface area contributed by atoms with Gasteiger partial charge in [-0.05, 0) is 115 Å². The van der Waals surface area contributed by atoms with Crippen LogP contribution in [0.15, 0.2) is 180 Å². The normalized spacial score (nSPS) is 14.4. The molecule has 1 heterocycles. The molecule has 0 radical (unpaired) electrons. The predicted molar refractivity (Wildman–Crippen MR) is 234 cm³/mol. The molecule has 0 fully saturated rings. The van der Waals surface area contributed by atoms with E-state index in [1.807, 2.05) is 0 Å². The number of benzene rings is 8. The van der Waals surface area contributed by atoms with Gasteiger partial charge in [0.1, 0.15) is 11.2 Å². The van der Waals surface area contributed by atoms with Crippen molar-refractivity contribution >= 4 is 39.0 Å². The highest BCUT2D eigenvalue weighted by atomic mass is 16.3. The molecule has 0 unspecified atom stereocenters. The summed E-state index contributed by atoms with van der Waals surface area (Å²) < 4.78 is 6.54. The van der Waals surface area contributed by atoms with Gasteiger partial charge in [-0.3, -0.25) is 0 Å². The van der Waals surface area contributed by atoms with Crippen molar-refractivity contribution in [2.75, 3.05) is 4.90 Å². The summed E-state index contributed by atoms with van der Waals surface area (Å²) >= 11 is 0. The molecule has 0 spiro atoms. The zero-order valence-corrected chi connectivity index (χ0v) is 32.1. The van der Waals surface area contributed by atoms with Crippen LogP contribution in [0.4, 0.5) is 17.1 Å². The van der Waals surface area contributed by atoms with Gasteiger partial charge in [0.15, 0.2) is 0 Å². The summed E-state index contributed by atoms with van der Waals surface area (Å²) in [6, 6.07) is 64.5. The van der Waals surface area contributed by atoms with Gasteiger partial charge < -0.3 is 9.32 Å². The quantitative estimate of drug-likeness (QED) is 0.176. The van der Waals surface area contributed by atoms with Crippen LogP contribution in [0, 0.1) is 0 Å². The Kier molecular flexibility index (Phi) is 6.98. The molecule has 2 heteroatoms. The topological polar surface area (TPSA) is 16.4 Å². The largest absolute Gasteiger partial charge is 0.456 e. The van der Waals surface area contributed by atoms with Crippen LogP contribution in [0.2, 0.25) is 0 Å². The molecule has 0 N–H and O–H groups in total. The highest BCUT2D eigenvalue weighted by molar-refractivity contribution is 6.13. The molecule has 1 aromatic heterocycles. The van der Waals surface area contributed by atoms with Gasteiger partial charge in [0.25, 0.3) is 0 Å². The highest BCUT2D eigenvalue weighted by Gasteiger charge is 2.38. The number of anilines is 3. The number of hydrogen-bond donors (Lipinski definition) is 0. The van der Waals surface area contributed by atoms with Crippen molar-refractivity contribution in [3.8, 4) is 44.5 Å². The van der Waals surface area contributed by atoms with E-state index in [1.54, 1.807) is 0 Å². The van der Waals surface area contributed by atoms with E-state index in [0.29, 0.717) is 0 Å². The van der Waals surface area contributed by atoms with Gasteiger partial charge in [-0.2, -0.15) is 0 Å². The predicted octanol–water partition coefficient (Wildman–Crippen LogP) is 15.0. The summed E-state index contributed by atoms with van der Waals surface area (Å²) in [6.45, 7) is 9.45. The van der Waals surface area contributed by atoms with Gasteiger partial charge in [0, 0.05) is 38.7 Å². The van der Waals surface area contributed by atoms with Crippen molar-refractivity contribution in [3.63, 3.8) is 0 Å². The summed E-state index contributed by atoms with van der Waals surface area (Å²) in [5.41, 5.74) is 20.5. The van der Waals surface area contributed by atoms with E-state index in [9.17, 15) is 0 Å². The summed E-state index contributed by atoms with van der Waals surface area (Å²) in [7, 11) is 0. The van der Waals surface area contributed by atoms with Crippen LogP contribution in [-0.2, 0) is 10.8 Å². The Bertz CT molecular complexity index is 3020. The minimum absolute atomic E-state index is 0.0718. The maximum atomic E-state index is 6.54. The van der Waals surface area contributed by atoms with Crippen molar-refractivity contribution < 1.29 is 4.42 Å². The van der Waals surface area contributed by atoms with Crippen LogP contribution in [0.25, 0.3) is 66.4 Å². The lowest BCUT2D eigenvalue weighted by Gasteiger charge is -2.29. The second kappa shape index (κ2) is 11.9. The maximum absolute atomic E-state index is 6.54. The lowest BCUT2D eigenvalue weighted by atomic mass is 9.81. The highest BCUT2D eigenvalue weighted by Crippen LogP contribution is 2.55. The Morgan fingerprint density at radius 2 is 0.946 bits per heavy atom. The molecule has 2 aliphatic rings. The van der Waals surface area contributed by atoms with Crippen LogP contribution in [0.5, 0.6) is 0 Å². The first-order chi connectivity index (χ1) is 27.3. The molecule has 11 rings (SSSR count). The lowest BCUT2D eigenvalue weighted by Crippen LogP contribution is -2.17. The second-order valence-electron chi connectivity index (χ2n) is 16.5. The molecule has 2 nitrogen and oxygen atoms in total. The third kappa shape index (κ3) is 4.69. The molecular formula is C54H41NO. The fourth-order valence-electron chi connectivity index (χ4n) is 9.88. The monoisotopic (exact) mass is 719 g/mol. The van der Waals surface area contributed by atoms with Gasteiger partial charge in [0.2, 0.25) is 0 Å². The first-order valence-electron chi connectivity index (χ1n) is 19.7. The summed E-state index contributed by atoms with van der Waals surface area (Å²) in [6.07, 6.45) is 0. The van der Waals surface area contributed by atoms with Gasteiger partial charge in [-0.15, -0.1) is 0 Å². The molecule has 0 bridgehead atoms. The lowest BCUT2D eigenvalue weighted by molar-refractivity contribution is 0.660. The molecule has 0 amide bonds. The van der Waals surface area contributed by atoms with Crippen LogP contribution >= 0.6 is 0 Å². The standard InChI is InChI=1S/C54H41NO/c1-53(2)45-22-12-11-19-41(45)43-31-36(26-29-46(43)53)55(37-27-30-49-44(32-37)52-40(21-14-24-50(52)56-49)35-17-9-6-10-18-35)38-25-28-42-48(33-38)54(3,4)47-23-13-20-39(51(42)47)34-15-7-5-8-16-34/h5-33H,1-4H3. The average Bonchev–Trinajstić information content (AvgIpc) is 3.81. The first kappa shape index (κ1) is 32.8. The minimum Gasteiger partial charge on any atom is -0.456 e. The molecular weight excluding hydrogens is 679 g/mol. The maximum Gasteiger partial charge on any atom is 0.136 e. The number of fused-ring (bicyclic) bond motifs is 9. The molecule has 0 atom stereocenters. The van der Waals surface area contributed by atoms with Crippen LogP contribution in [0.3, 0.4) is 0 Å². The average molecular weight is 720 g/mol. The molecule has 2 aliphatic carbocycles. The van der Waals surface area contributed by atoms with Gasteiger partial charge >= 0.3 is 0 Å². The SMILES string of the molecule is CC1(C)c2ccccc2-c2cc(N(c3ccc4c(c3)C(C)(C)c3cccc(-c5ccccc5)c3-4)c3ccc4oc5cccc(-c6ccccc6)c5c4c3)ccc21. The zero-order chi connectivity index (χ0) is 37.8. The minimum atomic E-state index is -0.187. The van der Waals surface area contributed by atoms with E-state index in [-0.39, 0.29) is 10.8 Å². The Morgan fingerprint density at radius 3 is 1.75 bits per heavy atom. The van der Waals surface area contributed by atoms with Crippen LogP contribution in [0.1, 0.15) is 49.9 Å². The number of hydrogen-bond acceptors (Lipinski definition) is 2. The van der Waals surface area contributed by atoms with Crippen molar-refractivity contribution in [3.05, 3.63) is 198 Å². The van der Waals surface area contributed by atoms with Crippen molar-refractivity contribution in [1.82, 2.24) is 0 Å². The fraction of sp³-hybridized carbons (Fsp3) is 0.111. The Labute approximate surface area is 328 Å². The van der Waals surface area contributed by atoms with E-state index in [1.165, 1.54) is 66.8 Å². The van der Waals surface area contributed by atoms with Gasteiger partial charge in [0.05, 0.1) is 0 Å². The number of nitrogens with zero attached hydrogens (tertiary/aromatic N) is 1. The van der Waals surface area contributed by atoms with E-state index >= 15 is 0 Å². The molecule has 56 heavy (non-hydrogen) atoms. The van der Waals surface area contributed by atoms with Crippen molar-refractivity contribution in [1.29, 1.82) is 0 Å². The number of furan rings is 1. The van der Waals surface area contributed by atoms with E-state index in [0.717, 1.165) is 39.0 Å². The Balaban J connectivity index is 1.14. The zero-order valence-electron chi connectivity index (χ0n) is 32.1. The van der Waals surface area contributed by atoms with Crippen LogP contribution in [-0.4, -0.2) is 0 Å². The molecule has 8 aromatic carbocycles. The second-order valence-corrected chi connectivity index (χ2v) is 16.5. The first-order valence-corrected chi connectivity index (χ1v) is 19.7. The van der Waals surface area contributed by atoms with Crippen molar-refractivity contribution in [2.45, 2.75) is 38.5 Å². The fourth-order valence-corrected chi connectivity index (χ4v) is 9.88. The third-order valence-corrected chi connectivity index (χ3v) is 12.7. The summed E-state index contributed by atoms with van der Waals surface area (Å²) in [5, 5.41) is 2.25. The number of rotatable bonds is 5. The van der Waals surface area contributed by atoms with E-state index in [2.05, 4.69) is 209 Å². The molecule has 0 aliphatic heterocycles.